The average molecular weight is 389 g/mol. The molecule has 0 bridgehead atoms. The Morgan fingerprint density at radius 1 is 1.33 bits per heavy atom. The van der Waals surface area contributed by atoms with E-state index in [2.05, 4.69) is 21.2 Å². The Labute approximate surface area is 147 Å². The fourth-order valence-electron chi connectivity index (χ4n) is 1.95. The van der Waals surface area contributed by atoms with E-state index in [0.29, 0.717) is 23.6 Å². The number of nitrogens with zero attached hydrogens (tertiary/aromatic N) is 1. The molecule has 1 amide bonds. The molecule has 0 aliphatic rings. The molecule has 0 aromatic heterocycles. The van der Waals surface area contributed by atoms with Gasteiger partial charge in [0.05, 0.1) is 6.61 Å². The molecule has 0 aliphatic carbocycles. The van der Waals surface area contributed by atoms with Crippen LogP contribution >= 0.6 is 15.9 Å². The summed E-state index contributed by atoms with van der Waals surface area (Å²) in [4.78, 5) is 12.2. The van der Waals surface area contributed by atoms with Crippen molar-refractivity contribution in [3.8, 4) is 11.8 Å². The van der Waals surface area contributed by atoms with Gasteiger partial charge in [0.25, 0.3) is 5.91 Å². The maximum Gasteiger partial charge on any atom is 0.266 e. The minimum absolute atomic E-state index is 0.0848. The molecule has 1 N–H and O–H groups in total. The van der Waals surface area contributed by atoms with Gasteiger partial charge >= 0.3 is 0 Å². The Kier molecular flexibility index (Phi) is 6.10. The number of halogens is 2. The molecule has 2 aromatic carbocycles. The number of hydrogen-bond acceptors (Lipinski definition) is 3. The van der Waals surface area contributed by atoms with Gasteiger partial charge in [0.2, 0.25) is 0 Å². The largest absolute Gasteiger partial charge is 0.493 e. The van der Waals surface area contributed by atoms with Crippen LogP contribution in [0.1, 0.15) is 12.5 Å². The lowest BCUT2D eigenvalue weighted by molar-refractivity contribution is -0.112. The van der Waals surface area contributed by atoms with Gasteiger partial charge in [0, 0.05) is 15.7 Å². The number of nitrogens with one attached hydrogen (secondary N) is 1. The first-order valence-corrected chi connectivity index (χ1v) is 7.94. The molecule has 6 heteroatoms. The summed E-state index contributed by atoms with van der Waals surface area (Å²) in [7, 11) is 0. The summed E-state index contributed by atoms with van der Waals surface area (Å²) >= 11 is 3.35. The second-order valence-corrected chi connectivity index (χ2v) is 5.66. The molecule has 0 radical (unpaired) electrons. The summed E-state index contributed by atoms with van der Waals surface area (Å²) in [6.45, 7) is 2.31. The molecule has 0 fully saturated rings. The lowest BCUT2D eigenvalue weighted by Gasteiger charge is -2.09. The van der Waals surface area contributed by atoms with Crippen molar-refractivity contribution in [3.63, 3.8) is 0 Å². The highest BCUT2D eigenvalue weighted by Gasteiger charge is 2.12. The summed E-state index contributed by atoms with van der Waals surface area (Å²) in [5.74, 6) is -0.408. The van der Waals surface area contributed by atoms with E-state index in [1.165, 1.54) is 30.3 Å². The van der Waals surface area contributed by atoms with Gasteiger partial charge in [-0.2, -0.15) is 5.26 Å². The lowest BCUT2D eigenvalue weighted by Crippen LogP contribution is -2.13. The van der Waals surface area contributed by atoms with Crippen LogP contribution in [-0.2, 0) is 4.79 Å². The van der Waals surface area contributed by atoms with Gasteiger partial charge in [-0.1, -0.05) is 15.9 Å². The van der Waals surface area contributed by atoms with Crippen molar-refractivity contribution in [2.24, 2.45) is 0 Å². The van der Waals surface area contributed by atoms with E-state index in [1.807, 2.05) is 19.1 Å². The van der Waals surface area contributed by atoms with E-state index in [0.717, 1.165) is 4.47 Å². The molecule has 2 rings (SSSR count). The Morgan fingerprint density at radius 3 is 2.67 bits per heavy atom. The summed E-state index contributed by atoms with van der Waals surface area (Å²) < 4.78 is 19.2. The minimum Gasteiger partial charge on any atom is -0.493 e. The van der Waals surface area contributed by atoms with Crippen LogP contribution in [0.25, 0.3) is 6.08 Å². The predicted molar refractivity (Wildman–Crippen MR) is 93.9 cm³/mol. The smallest absolute Gasteiger partial charge is 0.266 e. The van der Waals surface area contributed by atoms with Gasteiger partial charge in [0.15, 0.2) is 0 Å². The highest BCUT2D eigenvalue weighted by Crippen LogP contribution is 2.26. The number of amides is 1. The van der Waals surface area contributed by atoms with Crippen LogP contribution in [0, 0.1) is 17.1 Å². The molecule has 0 saturated heterocycles. The van der Waals surface area contributed by atoms with Gasteiger partial charge in [-0.05, 0) is 55.5 Å². The molecule has 2 aromatic rings. The predicted octanol–water partition coefficient (Wildman–Crippen LogP) is 4.53. The van der Waals surface area contributed by atoms with Crippen molar-refractivity contribution < 1.29 is 13.9 Å². The fourth-order valence-corrected chi connectivity index (χ4v) is 2.33. The SMILES string of the molecule is CCOc1ccc(Br)cc1/C=C(\C#N)C(=O)Nc1ccc(F)cc1. The molecule has 0 atom stereocenters. The van der Waals surface area contributed by atoms with Crippen LogP contribution in [0.15, 0.2) is 52.5 Å². The highest BCUT2D eigenvalue weighted by molar-refractivity contribution is 9.10. The molecular formula is C18H14BrFN2O2. The van der Waals surface area contributed by atoms with Crippen molar-refractivity contribution in [2.75, 3.05) is 11.9 Å². The standard InChI is InChI=1S/C18H14BrFN2O2/c1-2-24-17-8-3-14(19)10-12(17)9-13(11-21)18(23)22-16-6-4-15(20)5-7-16/h3-10H,2H2,1H3,(H,22,23)/b13-9+. The van der Waals surface area contributed by atoms with Crippen LogP contribution in [0.3, 0.4) is 0 Å². The van der Waals surface area contributed by atoms with Gasteiger partial charge in [0.1, 0.15) is 23.2 Å². The van der Waals surface area contributed by atoms with Crippen LogP contribution in [0.2, 0.25) is 0 Å². The molecular weight excluding hydrogens is 375 g/mol. The summed E-state index contributed by atoms with van der Waals surface area (Å²) in [6.07, 6.45) is 1.45. The number of hydrogen-bond donors (Lipinski definition) is 1. The zero-order valence-electron chi connectivity index (χ0n) is 12.8. The summed E-state index contributed by atoms with van der Waals surface area (Å²) in [6, 6.07) is 12.5. The second kappa shape index (κ2) is 8.27. The Bertz CT molecular complexity index is 811. The number of ether oxygens (including phenoxy) is 1. The number of carbonyl (C=O) groups is 1. The van der Waals surface area contributed by atoms with E-state index >= 15 is 0 Å². The van der Waals surface area contributed by atoms with E-state index in [4.69, 9.17) is 4.74 Å². The molecule has 4 nitrogen and oxygen atoms in total. The summed E-state index contributed by atoms with van der Waals surface area (Å²) in [5.41, 5.74) is 0.928. The zero-order valence-corrected chi connectivity index (χ0v) is 14.4. The second-order valence-electron chi connectivity index (χ2n) is 4.75. The van der Waals surface area contributed by atoms with Gasteiger partial charge in [-0.3, -0.25) is 4.79 Å². The number of benzene rings is 2. The Morgan fingerprint density at radius 2 is 2.04 bits per heavy atom. The van der Waals surface area contributed by atoms with E-state index in [9.17, 15) is 14.4 Å². The van der Waals surface area contributed by atoms with Gasteiger partial charge in [-0.25, -0.2) is 4.39 Å². The first-order valence-electron chi connectivity index (χ1n) is 7.14. The third kappa shape index (κ3) is 4.67. The third-order valence-electron chi connectivity index (χ3n) is 3.04. The average Bonchev–Trinajstić information content (AvgIpc) is 2.57. The van der Waals surface area contributed by atoms with Crippen LogP contribution < -0.4 is 10.1 Å². The van der Waals surface area contributed by atoms with Gasteiger partial charge < -0.3 is 10.1 Å². The third-order valence-corrected chi connectivity index (χ3v) is 3.53. The first kappa shape index (κ1) is 17.7. The quantitative estimate of drug-likeness (QED) is 0.604. The summed E-state index contributed by atoms with van der Waals surface area (Å²) in [5, 5.41) is 11.8. The maximum absolute atomic E-state index is 12.9. The Balaban J connectivity index is 2.28. The van der Waals surface area contributed by atoms with Gasteiger partial charge in [-0.15, -0.1) is 0 Å². The van der Waals surface area contributed by atoms with Crippen molar-refractivity contribution in [1.82, 2.24) is 0 Å². The molecule has 0 heterocycles. The number of rotatable bonds is 5. The maximum atomic E-state index is 12.9. The first-order chi connectivity index (χ1) is 11.5. The van der Waals surface area contributed by atoms with E-state index in [-0.39, 0.29) is 5.57 Å². The van der Waals surface area contributed by atoms with E-state index < -0.39 is 11.7 Å². The highest BCUT2D eigenvalue weighted by atomic mass is 79.9. The van der Waals surface area contributed by atoms with Crippen molar-refractivity contribution in [2.45, 2.75) is 6.92 Å². The fraction of sp³-hybridized carbons (Fsp3) is 0.111. The van der Waals surface area contributed by atoms with Crippen molar-refractivity contribution >= 4 is 33.6 Å². The number of anilines is 1. The minimum atomic E-state index is -0.577. The molecule has 122 valence electrons. The van der Waals surface area contributed by atoms with Crippen LogP contribution in [-0.4, -0.2) is 12.5 Å². The molecule has 0 aliphatic heterocycles. The molecule has 0 saturated carbocycles. The topological polar surface area (TPSA) is 62.1 Å². The monoisotopic (exact) mass is 388 g/mol. The molecule has 0 spiro atoms. The van der Waals surface area contributed by atoms with E-state index in [1.54, 1.807) is 12.1 Å². The molecule has 24 heavy (non-hydrogen) atoms. The lowest BCUT2D eigenvalue weighted by atomic mass is 10.1. The number of carbonyl (C=O) groups excluding carboxylic acids is 1. The van der Waals surface area contributed by atoms with Crippen molar-refractivity contribution in [1.29, 1.82) is 5.26 Å². The normalized spacial score (nSPS) is 10.8. The number of nitriles is 1. The Hall–Kier alpha value is -2.65. The molecule has 0 unspecified atom stereocenters. The van der Waals surface area contributed by atoms with Crippen LogP contribution in [0.5, 0.6) is 5.75 Å². The zero-order chi connectivity index (χ0) is 17.5. The van der Waals surface area contributed by atoms with Crippen LogP contribution in [0.4, 0.5) is 10.1 Å². The van der Waals surface area contributed by atoms with Crippen molar-refractivity contribution in [3.05, 3.63) is 63.9 Å².